The molecule has 1 amide bonds. The first-order valence-corrected chi connectivity index (χ1v) is 9.00. The number of halogens is 4. The second-order valence-electron chi connectivity index (χ2n) is 7.15. The highest BCUT2D eigenvalue weighted by Crippen LogP contribution is 2.50. The Labute approximate surface area is 159 Å². The predicted octanol–water partition coefficient (Wildman–Crippen LogP) is 3.98. The molecular formula is C19H17ClF3N3O. The first kappa shape index (κ1) is 18.3. The maximum atomic E-state index is 13.1. The van der Waals surface area contributed by atoms with Crippen molar-refractivity contribution < 1.29 is 18.0 Å². The number of hydrogen-bond donors (Lipinski definition) is 2. The van der Waals surface area contributed by atoms with E-state index in [0.29, 0.717) is 5.92 Å². The molecule has 1 aliphatic carbocycles. The van der Waals surface area contributed by atoms with Crippen molar-refractivity contribution in [1.82, 2.24) is 15.6 Å². The summed E-state index contributed by atoms with van der Waals surface area (Å²) in [6, 6.07) is 9.79. The van der Waals surface area contributed by atoms with Crippen LogP contribution in [0.1, 0.15) is 40.5 Å². The van der Waals surface area contributed by atoms with Crippen LogP contribution in [0, 0.1) is 5.92 Å². The lowest BCUT2D eigenvalue weighted by Gasteiger charge is -2.44. The van der Waals surface area contributed by atoms with E-state index >= 15 is 0 Å². The predicted molar refractivity (Wildman–Crippen MR) is 94.4 cm³/mol. The summed E-state index contributed by atoms with van der Waals surface area (Å²) < 4.78 is 39.2. The molecule has 2 aliphatic heterocycles. The van der Waals surface area contributed by atoms with E-state index in [1.54, 1.807) is 0 Å². The minimum absolute atomic E-state index is 0.282. The van der Waals surface area contributed by atoms with Gasteiger partial charge in [0.05, 0.1) is 16.6 Å². The van der Waals surface area contributed by atoms with Crippen LogP contribution in [0.3, 0.4) is 0 Å². The average molecular weight is 396 g/mol. The van der Waals surface area contributed by atoms with Crippen molar-refractivity contribution in [2.45, 2.75) is 30.6 Å². The molecule has 0 spiro atoms. The minimum Gasteiger partial charge on any atom is -0.342 e. The summed E-state index contributed by atoms with van der Waals surface area (Å²) in [5, 5.41) is 5.66. The van der Waals surface area contributed by atoms with Gasteiger partial charge in [-0.1, -0.05) is 41.9 Å². The van der Waals surface area contributed by atoms with Crippen LogP contribution in [-0.2, 0) is 6.18 Å². The topological polar surface area (TPSA) is 54.0 Å². The Morgan fingerprint density at radius 3 is 2.56 bits per heavy atom. The Morgan fingerprint density at radius 1 is 1.26 bits per heavy atom. The van der Waals surface area contributed by atoms with Crippen molar-refractivity contribution in [2.75, 3.05) is 6.54 Å². The normalized spacial score (nSPS) is 25.0. The van der Waals surface area contributed by atoms with Crippen LogP contribution in [0.25, 0.3) is 0 Å². The maximum Gasteiger partial charge on any atom is 0.417 e. The summed E-state index contributed by atoms with van der Waals surface area (Å²) in [5.41, 5.74) is -0.878. The van der Waals surface area contributed by atoms with E-state index in [1.807, 2.05) is 30.3 Å². The molecule has 1 atom stereocenters. The fraction of sp³-hybridized carbons (Fsp3) is 0.368. The van der Waals surface area contributed by atoms with E-state index in [2.05, 4.69) is 15.6 Å². The van der Waals surface area contributed by atoms with Crippen molar-refractivity contribution in [2.24, 2.45) is 5.92 Å². The number of alkyl halides is 3. The number of benzene rings is 1. The molecule has 8 heteroatoms. The Hall–Kier alpha value is -2.12. The van der Waals surface area contributed by atoms with Crippen LogP contribution in [0.5, 0.6) is 0 Å². The minimum atomic E-state index is -4.65. The monoisotopic (exact) mass is 395 g/mol. The van der Waals surface area contributed by atoms with Gasteiger partial charge in [-0.05, 0) is 36.9 Å². The Morgan fingerprint density at radius 2 is 1.96 bits per heavy atom. The van der Waals surface area contributed by atoms with Crippen LogP contribution in [-0.4, -0.2) is 23.0 Å². The Balaban J connectivity index is 1.66. The number of carbonyl (C=O) groups is 1. The van der Waals surface area contributed by atoms with E-state index in [9.17, 15) is 18.0 Å². The summed E-state index contributed by atoms with van der Waals surface area (Å²) in [4.78, 5) is 16.6. The van der Waals surface area contributed by atoms with Crippen molar-refractivity contribution in [3.05, 3.63) is 64.4 Å². The molecule has 3 aliphatic rings. The van der Waals surface area contributed by atoms with Gasteiger partial charge in [0.15, 0.2) is 0 Å². The van der Waals surface area contributed by atoms with E-state index in [1.165, 1.54) is 0 Å². The van der Waals surface area contributed by atoms with Crippen molar-refractivity contribution in [3.63, 3.8) is 0 Å². The number of hydrogen-bond acceptors (Lipinski definition) is 3. The molecule has 3 fully saturated rings. The van der Waals surface area contributed by atoms with Gasteiger partial charge in [0, 0.05) is 11.7 Å². The fourth-order valence-corrected chi connectivity index (χ4v) is 4.46. The third kappa shape index (κ3) is 3.19. The Bertz CT molecular complexity index is 861. The molecule has 1 saturated carbocycles. The van der Waals surface area contributed by atoms with Gasteiger partial charge < -0.3 is 10.6 Å². The molecule has 2 N–H and O–H groups in total. The summed E-state index contributed by atoms with van der Waals surface area (Å²) in [6.45, 7) is 0.877. The SMILES string of the molecule is O=C(NC(c1ccccc1)C12CC(CN1)C2)c1nccc(C(F)(F)F)c1Cl. The first-order chi connectivity index (χ1) is 12.8. The van der Waals surface area contributed by atoms with Gasteiger partial charge in [0.1, 0.15) is 5.69 Å². The van der Waals surface area contributed by atoms with Crippen LogP contribution in [0.4, 0.5) is 13.2 Å². The second-order valence-corrected chi connectivity index (χ2v) is 7.53. The maximum absolute atomic E-state index is 13.1. The number of amides is 1. The summed E-state index contributed by atoms with van der Waals surface area (Å²) >= 11 is 5.86. The smallest absolute Gasteiger partial charge is 0.342 e. The zero-order valence-electron chi connectivity index (χ0n) is 14.2. The van der Waals surface area contributed by atoms with Gasteiger partial charge in [-0.25, -0.2) is 4.98 Å². The summed E-state index contributed by atoms with van der Waals surface area (Å²) in [5.74, 6) is -0.144. The number of nitrogens with zero attached hydrogens (tertiary/aromatic N) is 1. The standard InChI is InChI=1S/C19H17ClF3N3O/c20-14-13(19(21,22)23)6-7-24-15(14)17(27)26-16(12-4-2-1-3-5-12)18-8-11(9-18)10-25-18/h1-7,11,16,25H,8-10H2,(H,26,27). The van der Waals surface area contributed by atoms with Crippen molar-refractivity contribution in [3.8, 4) is 0 Å². The quantitative estimate of drug-likeness (QED) is 0.823. The van der Waals surface area contributed by atoms with E-state index in [-0.39, 0.29) is 11.6 Å². The highest BCUT2D eigenvalue weighted by Gasteiger charge is 2.55. The van der Waals surface area contributed by atoms with Gasteiger partial charge in [0.2, 0.25) is 0 Å². The molecule has 1 aromatic heterocycles. The summed E-state index contributed by atoms with van der Waals surface area (Å²) in [7, 11) is 0. The number of aromatic nitrogens is 1. The number of pyridine rings is 1. The van der Waals surface area contributed by atoms with Crippen molar-refractivity contribution >= 4 is 17.5 Å². The lowest BCUT2D eigenvalue weighted by molar-refractivity contribution is -0.137. The average Bonchev–Trinajstić information content (AvgIpc) is 3.21. The second kappa shape index (κ2) is 6.49. The number of carbonyl (C=O) groups excluding carboxylic acids is 1. The molecule has 2 bridgehead atoms. The fourth-order valence-electron chi connectivity index (χ4n) is 4.15. The molecule has 4 nitrogen and oxygen atoms in total. The third-order valence-electron chi connectivity index (χ3n) is 5.42. The van der Waals surface area contributed by atoms with Gasteiger partial charge >= 0.3 is 6.18 Å². The van der Waals surface area contributed by atoms with E-state index < -0.39 is 28.4 Å². The lowest BCUT2D eigenvalue weighted by Crippen LogP contribution is -2.54. The molecular weight excluding hydrogens is 379 g/mol. The molecule has 142 valence electrons. The lowest BCUT2D eigenvalue weighted by atomic mass is 9.67. The highest BCUT2D eigenvalue weighted by molar-refractivity contribution is 6.34. The molecule has 1 unspecified atom stereocenters. The van der Waals surface area contributed by atoms with E-state index in [4.69, 9.17) is 11.6 Å². The van der Waals surface area contributed by atoms with Gasteiger partial charge in [-0.3, -0.25) is 4.79 Å². The van der Waals surface area contributed by atoms with Crippen LogP contribution < -0.4 is 10.6 Å². The van der Waals surface area contributed by atoms with Gasteiger partial charge in [0.25, 0.3) is 5.91 Å². The molecule has 2 saturated heterocycles. The molecule has 5 rings (SSSR count). The number of rotatable bonds is 4. The van der Waals surface area contributed by atoms with E-state index in [0.717, 1.165) is 37.2 Å². The molecule has 1 aromatic carbocycles. The molecule has 0 radical (unpaired) electrons. The zero-order chi connectivity index (χ0) is 19.2. The molecule has 27 heavy (non-hydrogen) atoms. The first-order valence-electron chi connectivity index (χ1n) is 8.63. The molecule has 3 heterocycles. The summed E-state index contributed by atoms with van der Waals surface area (Å²) in [6.07, 6.45) is -1.87. The van der Waals surface area contributed by atoms with Gasteiger partial charge in [-0.15, -0.1) is 0 Å². The van der Waals surface area contributed by atoms with Crippen molar-refractivity contribution in [1.29, 1.82) is 0 Å². The Kier molecular flexibility index (Phi) is 4.39. The molecule has 2 aromatic rings. The third-order valence-corrected chi connectivity index (χ3v) is 5.80. The number of fused-ring (bicyclic) bond motifs is 1. The van der Waals surface area contributed by atoms with Crippen LogP contribution in [0.15, 0.2) is 42.6 Å². The van der Waals surface area contributed by atoms with Gasteiger partial charge in [-0.2, -0.15) is 13.2 Å². The van der Waals surface area contributed by atoms with Crippen LogP contribution in [0.2, 0.25) is 5.02 Å². The highest BCUT2D eigenvalue weighted by atomic mass is 35.5. The zero-order valence-corrected chi connectivity index (χ0v) is 14.9. The van der Waals surface area contributed by atoms with Crippen LogP contribution >= 0.6 is 11.6 Å². The number of nitrogens with one attached hydrogen (secondary N) is 2. The largest absolute Gasteiger partial charge is 0.417 e.